The molecule has 0 fully saturated rings. The van der Waals surface area contributed by atoms with Gasteiger partial charge in [0.05, 0.1) is 8.07 Å². The summed E-state index contributed by atoms with van der Waals surface area (Å²) in [5.41, 5.74) is 15.5. The molecule has 0 saturated carbocycles. The molecule has 4 aliphatic rings. The Bertz CT molecular complexity index is 1630. The Balaban J connectivity index is 0.000000192. The molecule has 1 nitrogen and oxygen atoms in total. The first-order valence-corrected chi connectivity index (χ1v) is 19.9. The SMILES string of the molecule is CC1=C2c3ccn(-c4ccccc4)c3C1[Si]2(C)C.CCCCCCc1ccc(-c2cccc3c2C=C(C)[CH]3[Zr+2])cc1.[Cl-].[Cl-]. The quantitative estimate of drug-likeness (QED) is 0.196. The molecule has 0 radical (unpaired) electrons. The summed E-state index contributed by atoms with van der Waals surface area (Å²) in [6.45, 7) is 11.9. The van der Waals surface area contributed by atoms with Crippen LogP contribution in [0, 0.1) is 0 Å². The molecule has 3 aromatic carbocycles. The Morgan fingerprint density at radius 1 is 0.791 bits per heavy atom. The van der Waals surface area contributed by atoms with Crippen molar-refractivity contribution in [3.8, 4) is 16.8 Å². The van der Waals surface area contributed by atoms with Crippen molar-refractivity contribution in [2.45, 2.75) is 75.1 Å². The van der Waals surface area contributed by atoms with Crippen LogP contribution in [0.2, 0.25) is 13.1 Å². The number of para-hydroxylation sites is 1. The number of halogens is 2. The fourth-order valence-electron chi connectivity index (χ4n) is 7.54. The van der Waals surface area contributed by atoms with Crippen LogP contribution < -0.4 is 24.8 Å². The number of fused-ring (bicyclic) bond motifs is 1. The predicted octanol–water partition coefficient (Wildman–Crippen LogP) is 4.64. The molecule has 43 heavy (non-hydrogen) atoms. The third-order valence-corrected chi connectivity index (χ3v) is 15.5. The van der Waals surface area contributed by atoms with Gasteiger partial charge < -0.3 is 29.4 Å². The third-order valence-electron chi connectivity index (χ3n) is 9.56. The van der Waals surface area contributed by atoms with Gasteiger partial charge in [0.2, 0.25) is 0 Å². The zero-order valence-corrected chi connectivity index (χ0v) is 31.0. The van der Waals surface area contributed by atoms with Crippen LogP contribution in [0.3, 0.4) is 0 Å². The van der Waals surface area contributed by atoms with Gasteiger partial charge in [0.25, 0.3) is 0 Å². The number of aryl methyl sites for hydroxylation is 1. The molecule has 0 saturated heterocycles. The van der Waals surface area contributed by atoms with Gasteiger partial charge in [-0.1, -0.05) is 55.4 Å². The number of allylic oxidation sites excluding steroid dienone is 2. The topological polar surface area (TPSA) is 4.93 Å². The summed E-state index contributed by atoms with van der Waals surface area (Å²) in [5, 5.41) is 1.72. The fraction of sp³-hybridized carbons (Fsp3) is 0.316. The van der Waals surface area contributed by atoms with Gasteiger partial charge in [-0.05, 0) is 30.7 Å². The standard InChI is InChI=1S/C22H25.C16H17NSi.2ClH.Zr/c1-3-4-5-6-8-18-11-13-19(14-12-18)21-10-7-9-20-15-17(2)16-22(20)21;1-11-15-13-9-10-17(12-7-5-4-6-8-12)14(13)16(11)18(15,2)3;;;/h7,9-16H,3-6,8H2,1-2H3;4-10,16H,1-3H3;2*1H;/q;;;;+2/p-2. The van der Waals surface area contributed by atoms with E-state index in [1.807, 2.05) is 0 Å². The van der Waals surface area contributed by atoms with E-state index < -0.39 is 8.07 Å². The number of benzene rings is 3. The van der Waals surface area contributed by atoms with E-state index in [1.54, 1.807) is 41.2 Å². The molecule has 2 aliphatic heterocycles. The molecule has 221 valence electrons. The molecule has 2 aliphatic carbocycles. The Morgan fingerprint density at radius 2 is 1.51 bits per heavy atom. The van der Waals surface area contributed by atoms with Crippen molar-refractivity contribution >= 4 is 19.3 Å². The summed E-state index contributed by atoms with van der Waals surface area (Å²) < 4.78 is 3.05. The van der Waals surface area contributed by atoms with E-state index >= 15 is 0 Å². The maximum absolute atomic E-state index is 2.51. The van der Waals surface area contributed by atoms with Crippen LogP contribution in [0.5, 0.6) is 0 Å². The normalized spacial score (nSPS) is 18.3. The maximum Gasteiger partial charge on any atom is -1.00 e. The van der Waals surface area contributed by atoms with Gasteiger partial charge in [0.1, 0.15) is 0 Å². The van der Waals surface area contributed by atoms with Gasteiger partial charge in [0.15, 0.2) is 0 Å². The van der Waals surface area contributed by atoms with E-state index in [2.05, 4.69) is 130 Å². The largest absolute Gasteiger partial charge is 1.00 e. The van der Waals surface area contributed by atoms with E-state index in [4.69, 9.17) is 0 Å². The number of nitrogens with zero attached hydrogens (tertiary/aromatic N) is 1. The molecular formula is C38H42Cl2NSiZr. The van der Waals surface area contributed by atoms with Crippen molar-refractivity contribution < 1.29 is 49.5 Å². The van der Waals surface area contributed by atoms with Crippen molar-refractivity contribution in [2.24, 2.45) is 0 Å². The summed E-state index contributed by atoms with van der Waals surface area (Å²) in [6, 6.07) is 29.1. The van der Waals surface area contributed by atoms with Crippen LogP contribution >= 0.6 is 0 Å². The molecule has 0 N–H and O–H groups in total. The van der Waals surface area contributed by atoms with Crippen molar-refractivity contribution in [1.82, 2.24) is 4.57 Å². The minimum absolute atomic E-state index is 0. The zero-order valence-electron chi connectivity index (χ0n) is 26.1. The Kier molecular flexibility index (Phi) is 11.1. The molecule has 0 amide bonds. The molecule has 2 atom stereocenters. The molecule has 2 unspecified atom stereocenters. The van der Waals surface area contributed by atoms with E-state index in [0.29, 0.717) is 3.63 Å². The second-order valence-electron chi connectivity index (χ2n) is 12.7. The molecule has 5 heteroatoms. The molecule has 8 rings (SSSR count). The number of hydrogen-bond donors (Lipinski definition) is 0. The molecular weight excluding hydrogens is 661 g/mol. The summed E-state index contributed by atoms with van der Waals surface area (Å²) in [7, 11) is -1.17. The van der Waals surface area contributed by atoms with Crippen LogP contribution in [0.1, 0.15) is 83.6 Å². The second kappa shape index (κ2) is 14.0. The number of hydrogen-bond acceptors (Lipinski definition) is 0. The number of rotatable bonds is 7. The van der Waals surface area contributed by atoms with Crippen LogP contribution in [0.15, 0.2) is 96.2 Å². The molecule has 3 heterocycles. The van der Waals surface area contributed by atoms with Crippen LogP contribution in [-0.4, -0.2) is 12.6 Å². The first-order chi connectivity index (χ1) is 19.8. The van der Waals surface area contributed by atoms with Crippen LogP contribution in [0.4, 0.5) is 0 Å². The zero-order chi connectivity index (χ0) is 28.7. The van der Waals surface area contributed by atoms with Gasteiger partial charge in [0, 0.05) is 23.1 Å². The number of unbranched alkanes of at least 4 members (excludes halogenated alkanes) is 3. The average Bonchev–Trinajstić information content (AvgIpc) is 3.67. The monoisotopic (exact) mass is 700 g/mol. The molecule has 0 spiro atoms. The smallest absolute Gasteiger partial charge is 1.00 e. The molecule has 2 bridgehead atoms. The van der Waals surface area contributed by atoms with E-state index in [0.717, 1.165) is 5.54 Å². The van der Waals surface area contributed by atoms with E-state index in [9.17, 15) is 0 Å². The molecule has 1 aromatic heterocycles. The van der Waals surface area contributed by atoms with Gasteiger partial charge in [-0.2, -0.15) is 0 Å². The first-order valence-electron chi connectivity index (χ1n) is 15.4. The van der Waals surface area contributed by atoms with Gasteiger partial charge in [-0.3, -0.25) is 0 Å². The Morgan fingerprint density at radius 3 is 2.19 bits per heavy atom. The predicted molar refractivity (Wildman–Crippen MR) is 175 cm³/mol. The van der Waals surface area contributed by atoms with E-state index in [-0.39, 0.29) is 24.8 Å². The minimum Gasteiger partial charge on any atom is -1.00 e. The van der Waals surface area contributed by atoms with Gasteiger partial charge in [-0.15, -0.1) is 0 Å². The summed E-state index contributed by atoms with van der Waals surface area (Å²) in [6.07, 6.45) is 11.2. The van der Waals surface area contributed by atoms with Crippen LogP contribution in [0.25, 0.3) is 28.1 Å². The number of aromatic nitrogens is 1. The van der Waals surface area contributed by atoms with Crippen molar-refractivity contribution in [2.75, 3.05) is 0 Å². The summed E-state index contributed by atoms with van der Waals surface area (Å²) in [5.74, 6) is 0. The Hall–Kier alpha value is -1.90. The minimum atomic E-state index is -1.17. The van der Waals surface area contributed by atoms with E-state index in [1.165, 1.54) is 76.7 Å². The summed E-state index contributed by atoms with van der Waals surface area (Å²) in [4.78, 5) is 0. The first kappa shape index (κ1) is 34.0. The Labute approximate surface area is 287 Å². The summed E-state index contributed by atoms with van der Waals surface area (Å²) >= 11 is 1.59. The van der Waals surface area contributed by atoms with Crippen molar-refractivity contribution in [1.29, 1.82) is 0 Å². The average molecular weight is 703 g/mol. The van der Waals surface area contributed by atoms with Crippen LogP contribution in [-0.2, 0) is 31.1 Å². The third kappa shape index (κ3) is 6.17. The maximum atomic E-state index is 2.51. The van der Waals surface area contributed by atoms with Gasteiger partial charge in [-0.25, -0.2) is 0 Å². The van der Waals surface area contributed by atoms with Crippen molar-refractivity contribution in [3.05, 3.63) is 124 Å². The van der Waals surface area contributed by atoms with Crippen molar-refractivity contribution in [3.63, 3.8) is 0 Å². The molecule has 4 aromatic rings. The fourth-order valence-corrected chi connectivity index (χ4v) is 12.7. The second-order valence-corrected chi connectivity index (χ2v) is 18.6. The van der Waals surface area contributed by atoms with Gasteiger partial charge >= 0.3 is 143 Å².